The monoisotopic (exact) mass is 403 g/mol. The number of carbonyl (C=O) groups excluding carboxylic acids is 2. The van der Waals surface area contributed by atoms with Crippen LogP contribution >= 0.6 is 0 Å². The smallest absolute Gasteiger partial charge is 0.271 e. The Morgan fingerprint density at radius 3 is 2.69 bits per heavy atom. The Hall–Kier alpha value is -1.93. The molecule has 2 aliphatic heterocycles. The van der Waals surface area contributed by atoms with Gasteiger partial charge in [-0.25, -0.2) is 0 Å². The molecule has 0 spiro atoms. The number of hydrogen-bond donors (Lipinski definition) is 1. The molecule has 3 heterocycles. The number of piperidine rings is 1. The van der Waals surface area contributed by atoms with Crippen LogP contribution in [0.25, 0.3) is 0 Å². The van der Waals surface area contributed by atoms with Gasteiger partial charge < -0.3 is 15.0 Å². The van der Waals surface area contributed by atoms with Crippen LogP contribution in [0.4, 0.5) is 0 Å². The Kier molecular flexibility index (Phi) is 6.50. The molecule has 8 heteroatoms. The Bertz CT molecular complexity index is 711. The lowest BCUT2D eigenvalue weighted by atomic mass is 9.98. The first-order valence-corrected chi connectivity index (χ1v) is 11.0. The first-order chi connectivity index (χ1) is 14.1. The van der Waals surface area contributed by atoms with E-state index >= 15 is 0 Å². The van der Waals surface area contributed by atoms with Crippen molar-refractivity contribution in [3.63, 3.8) is 0 Å². The highest BCUT2D eigenvalue weighted by molar-refractivity contribution is 5.92. The van der Waals surface area contributed by atoms with Gasteiger partial charge >= 0.3 is 0 Å². The highest BCUT2D eigenvalue weighted by Gasteiger charge is 2.37. The normalized spacial score (nSPS) is 23.4. The molecule has 8 nitrogen and oxygen atoms in total. The summed E-state index contributed by atoms with van der Waals surface area (Å²) in [5.74, 6) is 0.500. The summed E-state index contributed by atoms with van der Waals surface area (Å²) in [6, 6.07) is 2.55. The highest BCUT2D eigenvalue weighted by Crippen LogP contribution is 2.32. The maximum absolute atomic E-state index is 12.6. The van der Waals surface area contributed by atoms with Crippen LogP contribution in [0.15, 0.2) is 12.3 Å². The van der Waals surface area contributed by atoms with Gasteiger partial charge in [-0.15, -0.1) is 0 Å². The van der Waals surface area contributed by atoms with Crippen LogP contribution in [0.3, 0.4) is 0 Å². The van der Waals surface area contributed by atoms with Crippen molar-refractivity contribution in [1.82, 2.24) is 24.9 Å². The number of hydrogen-bond acceptors (Lipinski definition) is 5. The van der Waals surface area contributed by atoms with E-state index in [4.69, 9.17) is 4.74 Å². The molecule has 1 aliphatic carbocycles. The summed E-state index contributed by atoms with van der Waals surface area (Å²) >= 11 is 0. The van der Waals surface area contributed by atoms with Gasteiger partial charge in [0.25, 0.3) is 5.91 Å². The number of aryl methyl sites for hydroxylation is 1. The SMILES string of the molecule is Cn1ccc(C(=O)NCCN(C2CCOCC2)C2CCCN(C(=O)C3CC3)C2)n1. The molecule has 1 aromatic rings. The molecule has 2 amide bonds. The summed E-state index contributed by atoms with van der Waals surface area (Å²) in [5, 5.41) is 7.19. The largest absolute Gasteiger partial charge is 0.381 e. The van der Waals surface area contributed by atoms with E-state index in [1.165, 1.54) is 0 Å². The van der Waals surface area contributed by atoms with Crippen LogP contribution in [0.5, 0.6) is 0 Å². The molecule has 4 rings (SSSR count). The van der Waals surface area contributed by atoms with Gasteiger partial charge in [0.2, 0.25) is 5.91 Å². The maximum Gasteiger partial charge on any atom is 0.271 e. The highest BCUT2D eigenvalue weighted by atomic mass is 16.5. The first kappa shape index (κ1) is 20.3. The Morgan fingerprint density at radius 2 is 2.00 bits per heavy atom. The molecule has 3 fully saturated rings. The molecule has 0 radical (unpaired) electrons. The van der Waals surface area contributed by atoms with Gasteiger partial charge in [0.05, 0.1) is 0 Å². The number of aromatic nitrogens is 2. The quantitative estimate of drug-likeness (QED) is 0.736. The minimum absolute atomic E-state index is 0.133. The van der Waals surface area contributed by atoms with Crippen molar-refractivity contribution < 1.29 is 14.3 Å². The zero-order valence-electron chi connectivity index (χ0n) is 17.4. The van der Waals surface area contributed by atoms with Crippen molar-refractivity contribution in [2.45, 2.75) is 50.6 Å². The summed E-state index contributed by atoms with van der Waals surface area (Å²) < 4.78 is 7.20. The lowest BCUT2D eigenvalue weighted by Gasteiger charge is -2.44. The number of rotatable bonds is 7. The predicted molar refractivity (Wildman–Crippen MR) is 108 cm³/mol. The van der Waals surface area contributed by atoms with Gasteiger partial charge in [-0.2, -0.15) is 5.10 Å². The number of likely N-dealkylation sites (tertiary alicyclic amines) is 1. The van der Waals surface area contributed by atoms with Crippen molar-refractivity contribution in [3.8, 4) is 0 Å². The standard InChI is InChI=1S/C21H33N5O3/c1-24-11-6-19(23-24)20(27)22-9-12-26(17-7-13-29-14-8-17)18-3-2-10-25(15-18)21(28)16-4-5-16/h6,11,16-18H,2-5,7-10,12-15H2,1H3,(H,22,27). The van der Waals surface area contributed by atoms with Gasteiger partial charge in [-0.3, -0.25) is 19.2 Å². The van der Waals surface area contributed by atoms with Gasteiger partial charge in [-0.05, 0) is 44.6 Å². The van der Waals surface area contributed by atoms with Crippen molar-refractivity contribution in [1.29, 1.82) is 0 Å². The van der Waals surface area contributed by atoms with E-state index in [1.54, 1.807) is 24.0 Å². The van der Waals surface area contributed by atoms with Gasteiger partial charge in [0, 0.05) is 70.6 Å². The molecule has 0 aromatic carbocycles. The number of carbonyl (C=O) groups is 2. The summed E-state index contributed by atoms with van der Waals surface area (Å²) in [7, 11) is 1.81. The second-order valence-corrected chi connectivity index (χ2v) is 8.57. The molecule has 1 aromatic heterocycles. The van der Waals surface area contributed by atoms with Crippen molar-refractivity contribution in [3.05, 3.63) is 18.0 Å². The number of nitrogens with zero attached hydrogens (tertiary/aromatic N) is 4. The molecule has 2 saturated heterocycles. The third-order valence-electron chi connectivity index (χ3n) is 6.37. The van der Waals surface area contributed by atoms with Crippen LogP contribution in [0.1, 0.15) is 49.0 Å². The van der Waals surface area contributed by atoms with E-state index in [-0.39, 0.29) is 11.8 Å². The average molecular weight is 404 g/mol. The number of ether oxygens (including phenoxy) is 1. The minimum Gasteiger partial charge on any atom is -0.381 e. The summed E-state index contributed by atoms with van der Waals surface area (Å²) in [6.07, 6.45) is 8.09. The lowest BCUT2D eigenvalue weighted by molar-refractivity contribution is -0.135. The van der Waals surface area contributed by atoms with Crippen molar-refractivity contribution in [2.24, 2.45) is 13.0 Å². The van der Waals surface area contributed by atoms with Gasteiger partial charge in [0.15, 0.2) is 0 Å². The molecule has 160 valence electrons. The molecule has 1 N–H and O–H groups in total. The molecule has 1 atom stereocenters. The predicted octanol–water partition coefficient (Wildman–Crippen LogP) is 1.03. The molecular weight excluding hydrogens is 370 g/mol. The van der Waals surface area contributed by atoms with Crippen LogP contribution in [-0.4, -0.2) is 82.9 Å². The lowest BCUT2D eigenvalue weighted by Crippen LogP contribution is -2.55. The van der Waals surface area contributed by atoms with E-state index in [0.717, 1.165) is 71.4 Å². The topological polar surface area (TPSA) is 79.7 Å². The maximum atomic E-state index is 12.6. The van der Waals surface area contributed by atoms with E-state index in [1.807, 2.05) is 0 Å². The minimum atomic E-state index is -0.133. The van der Waals surface area contributed by atoms with Crippen LogP contribution in [-0.2, 0) is 16.6 Å². The van der Waals surface area contributed by atoms with Gasteiger partial charge in [0.1, 0.15) is 5.69 Å². The van der Waals surface area contributed by atoms with Gasteiger partial charge in [-0.1, -0.05) is 0 Å². The molecule has 1 saturated carbocycles. The fourth-order valence-electron chi connectivity index (χ4n) is 4.62. The summed E-state index contributed by atoms with van der Waals surface area (Å²) in [4.78, 5) is 29.5. The Labute approximate surface area is 172 Å². The van der Waals surface area contributed by atoms with E-state index in [2.05, 4.69) is 20.2 Å². The van der Waals surface area contributed by atoms with Crippen molar-refractivity contribution in [2.75, 3.05) is 39.4 Å². The van der Waals surface area contributed by atoms with Crippen LogP contribution in [0.2, 0.25) is 0 Å². The summed E-state index contributed by atoms with van der Waals surface area (Å²) in [5.41, 5.74) is 0.448. The fourth-order valence-corrected chi connectivity index (χ4v) is 4.62. The molecule has 0 bridgehead atoms. The van der Waals surface area contributed by atoms with E-state index in [0.29, 0.717) is 30.2 Å². The Balaban J connectivity index is 1.36. The zero-order valence-corrected chi connectivity index (χ0v) is 17.4. The molecule has 3 aliphatic rings. The second-order valence-electron chi connectivity index (χ2n) is 8.57. The van der Waals surface area contributed by atoms with E-state index in [9.17, 15) is 9.59 Å². The molecule has 1 unspecified atom stereocenters. The summed E-state index contributed by atoms with van der Waals surface area (Å²) in [6.45, 7) is 4.67. The number of amides is 2. The second kappa shape index (κ2) is 9.26. The fraction of sp³-hybridized carbons (Fsp3) is 0.762. The third kappa shape index (κ3) is 5.17. The zero-order chi connectivity index (χ0) is 20.2. The molecule has 29 heavy (non-hydrogen) atoms. The number of nitrogens with one attached hydrogen (secondary N) is 1. The molecular formula is C21H33N5O3. The Morgan fingerprint density at radius 1 is 1.21 bits per heavy atom. The van der Waals surface area contributed by atoms with Crippen LogP contribution in [0, 0.1) is 5.92 Å². The van der Waals surface area contributed by atoms with Crippen LogP contribution < -0.4 is 5.32 Å². The third-order valence-corrected chi connectivity index (χ3v) is 6.37. The first-order valence-electron chi connectivity index (χ1n) is 11.0. The average Bonchev–Trinajstić information content (AvgIpc) is 3.51. The van der Waals surface area contributed by atoms with Crippen molar-refractivity contribution >= 4 is 11.8 Å². The van der Waals surface area contributed by atoms with E-state index < -0.39 is 0 Å².